The van der Waals surface area contributed by atoms with Crippen molar-refractivity contribution < 1.29 is 16.8 Å². The van der Waals surface area contributed by atoms with Gasteiger partial charge in [-0.05, 0) is 26.5 Å². The summed E-state index contributed by atoms with van der Waals surface area (Å²) in [5.41, 5.74) is -0.185. The molecule has 1 fully saturated rings. The monoisotopic (exact) mass is 321 g/mol. The molecule has 1 aromatic heterocycles. The van der Waals surface area contributed by atoms with E-state index < -0.39 is 25.4 Å². The molecular weight excluding hydrogens is 302 g/mol. The maximum Gasteiger partial charge on any atom is 0.242 e. The van der Waals surface area contributed by atoms with Crippen LogP contribution >= 0.6 is 0 Å². The minimum atomic E-state index is -3.72. The van der Waals surface area contributed by atoms with Crippen molar-refractivity contribution >= 4 is 19.9 Å². The number of rotatable bonds is 5. The van der Waals surface area contributed by atoms with Gasteiger partial charge in [0.1, 0.15) is 0 Å². The average Bonchev–Trinajstić information content (AvgIpc) is 2.84. The van der Waals surface area contributed by atoms with Crippen LogP contribution in [0.1, 0.15) is 19.0 Å². The van der Waals surface area contributed by atoms with Gasteiger partial charge in [-0.3, -0.25) is 0 Å². The molecule has 0 amide bonds. The summed E-state index contributed by atoms with van der Waals surface area (Å²) in [4.78, 5) is 2.99. The first-order chi connectivity index (χ1) is 9.16. The second kappa shape index (κ2) is 5.14. The molecule has 9 heteroatoms. The first-order valence-electron chi connectivity index (χ1n) is 6.22. The number of sulfonamides is 1. The van der Waals surface area contributed by atoms with Crippen molar-refractivity contribution in [3.63, 3.8) is 0 Å². The fraction of sp³-hybridized carbons (Fsp3) is 0.636. The van der Waals surface area contributed by atoms with Crippen LogP contribution in [0.2, 0.25) is 0 Å². The molecule has 2 heterocycles. The van der Waals surface area contributed by atoms with Crippen LogP contribution < -0.4 is 10.0 Å². The standard InChI is InChI=1S/C11H19N3O4S2/c1-11(3-4-19(15,16)8-11)14-20(17,18)10-5-9(6-12-2)13-7-10/h5,7,12-14H,3-4,6,8H2,1-2H3. The summed E-state index contributed by atoms with van der Waals surface area (Å²) >= 11 is 0. The quantitative estimate of drug-likeness (QED) is 0.683. The van der Waals surface area contributed by atoms with E-state index in [0.717, 1.165) is 5.69 Å². The molecule has 114 valence electrons. The summed E-state index contributed by atoms with van der Waals surface area (Å²) < 4.78 is 50.1. The Hall–Kier alpha value is -0.900. The Balaban J connectivity index is 2.19. The van der Waals surface area contributed by atoms with Crippen molar-refractivity contribution in [2.75, 3.05) is 18.6 Å². The molecule has 1 atom stereocenters. The molecule has 1 aliphatic rings. The third-order valence-electron chi connectivity index (χ3n) is 3.28. The molecule has 1 unspecified atom stereocenters. The van der Waals surface area contributed by atoms with E-state index >= 15 is 0 Å². The zero-order chi connectivity index (χ0) is 15.0. The predicted octanol–water partition coefficient (Wildman–Crippen LogP) is -0.410. The molecule has 0 aliphatic carbocycles. The zero-order valence-corrected chi connectivity index (χ0v) is 13.1. The van der Waals surface area contributed by atoms with Crippen molar-refractivity contribution in [3.8, 4) is 0 Å². The second-order valence-corrected chi connectivity index (χ2v) is 9.27. The topological polar surface area (TPSA) is 108 Å². The normalized spacial score (nSPS) is 25.9. The highest BCUT2D eigenvalue weighted by molar-refractivity contribution is 7.92. The highest BCUT2D eigenvalue weighted by Gasteiger charge is 2.41. The first-order valence-corrected chi connectivity index (χ1v) is 9.53. The third-order valence-corrected chi connectivity index (χ3v) is 6.80. The van der Waals surface area contributed by atoms with Gasteiger partial charge in [0, 0.05) is 24.0 Å². The van der Waals surface area contributed by atoms with Crippen molar-refractivity contribution in [1.29, 1.82) is 0 Å². The van der Waals surface area contributed by atoms with Crippen LogP contribution in [0.4, 0.5) is 0 Å². The van der Waals surface area contributed by atoms with Crippen LogP contribution in [-0.4, -0.2) is 45.9 Å². The number of sulfone groups is 1. The second-order valence-electron chi connectivity index (χ2n) is 5.40. The Morgan fingerprint density at radius 2 is 2.15 bits per heavy atom. The van der Waals surface area contributed by atoms with Crippen LogP contribution in [0.15, 0.2) is 17.2 Å². The van der Waals surface area contributed by atoms with Gasteiger partial charge in [0.05, 0.1) is 16.4 Å². The van der Waals surface area contributed by atoms with Gasteiger partial charge in [-0.15, -0.1) is 0 Å². The van der Waals surface area contributed by atoms with Crippen molar-refractivity contribution in [2.45, 2.75) is 30.3 Å². The van der Waals surface area contributed by atoms with Crippen molar-refractivity contribution in [1.82, 2.24) is 15.0 Å². The van der Waals surface area contributed by atoms with Crippen LogP contribution in [0.25, 0.3) is 0 Å². The summed E-state index contributed by atoms with van der Waals surface area (Å²) in [6.07, 6.45) is 1.70. The Bertz CT molecular complexity index is 693. The van der Waals surface area contributed by atoms with Gasteiger partial charge in [-0.2, -0.15) is 0 Å². The van der Waals surface area contributed by atoms with Crippen molar-refractivity contribution in [3.05, 3.63) is 18.0 Å². The minimum absolute atomic E-state index is 0.0180. The van der Waals surface area contributed by atoms with E-state index in [4.69, 9.17) is 0 Å². The molecule has 1 saturated heterocycles. The molecule has 0 aromatic carbocycles. The summed E-state index contributed by atoms with van der Waals surface area (Å²) in [5, 5.41) is 2.91. The number of hydrogen-bond acceptors (Lipinski definition) is 5. The lowest BCUT2D eigenvalue weighted by atomic mass is 10.0. The molecule has 1 aliphatic heterocycles. The maximum absolute atomic E-state index is 12.3. The average molecular weight is 321 g/mol. The molecule has 1 aromatic rings. The van der Waals surface area contributed by atoms with Crippen LogP contribution in [0.3, 0.4) is 0 Å². The Morgan fingerprint density at radius 3 is 2.70 bits per heavy atom. The lowest BCUT2D eigenvalue weighted by Gasteiger charge is -2.23. The predicted molar refractivity (Wildman–Crippen MR) is 75.6 cm³/mol. The lowest BCUT2D eigenvalue weighted by molar-refractivity contribution is 0.462. The molecule has 3 N–H and O–H groups in total. The number of aromatic amines is 1. The Labute approximate surface area is 119 Å². The molecule has 0 saturated carbocycles. The molecule has 0 radical (unpaired) electrons. The van der Waals surface area contributed by atoms with E-state index in [-0.39, 0.29) is 16.4 Å². The van der Waals surface area contributed by atoms with Crippen molar-refractivity contribution in [2.24, 2.45) is 0 Å². The molecule has 2 rings (SSSR count). The van der Waals surface area contributed by atoms with E-state index in [0.29, 0.717) is 13.0 Å². The van der Waals surface area contributed by atoms with E-state index in [1.807, 2.05) is 0 Å². The van der Waals surface area contributed by atoms with Gasteiger partial charge >= 0.3 is 0 Å². The molecule has 7 nitrogen and oxygen atoms in total. The van der Waals surface area contributed by atoms with Gasteiger partial charge in [0.15, 0.2) is 9.84 Å². The number of nitrogens with one attached hydrogen (secondary N) is 3. The molecule has 0 spiro atoms. The molecular formula is C11H19N3O4S2. The van der Waals surface area contributed by atoms with Crippen LogP contribution in [0.5, 0.6) is 0 Å². The zero-order valence-electron chi connectivity index (χ0n) is 11.4. The number of hydrogen-bond donors (Lipinski definition) is 3. The van der Waals surface area contributed by atoms with E-state index in [9.17, 15) is 16.8 Å². The Morgan fingerprint density at radius 1 is 1.45 bits per heavy atom. The van der Waals surface area contributed by atoms with Gasteiger partial charge in [-0.25, -0.2) is 21.6 Å². The Kier molecular flexibility index (Phi) is 3.98. The van der Waals surface area contributed by atoms with Gasteiger partial charge in [-0.1, -0.05) is 0 Å². The summed E-state index contributed by atoms with van der Waals surface area (Å²) in [6, 6.07) is 1.53. The minimum Gasteiger partial charge on any atom is -0.363 e. The number of H-pyrrole nitrogens is 1. The van der Waals surface area contributed by atoms with E-state index in [2.05, 4.69) is 15.0 Å². The van der Waals surface area contributed by atoms with E-state index in [1.54, 1.807) is 14.0 Å². The van der Waals surface area contributed by atoms with Gasteiger partial charge < -0.3 is 10.3 Å². The first kappa shape index (κ1) is 15.5. The third kappa shape index (κ3) is 3.40. The molecule has 0 bridgehead atoms. The maximum atomic E-state index is 12.3. The number of aromatic nitrogens is 1. The largest absolute Gasteiger partial charge is 0.363 e. The lowest BCUT2D eigenvalue weighted by Crippen LogP contribution is -2.46. The van der Waals surface area contributed by atoms with Gasteiger partial charge in [0.25, 0.3) is 0 Å². The summed E-state index contributed by atoms with van der Waals surface area (Å²) in [6.45, 7) is 2.15. The summed E-state index contributed by atoms with van der Waals surface area (Å²) in [5.74, 6) is -0.142. The molecule has 20 heavy (non-hydrogen) atoms. The SMILES string of the molecule is CNCc1cc(S(=O)(=O)NC2(C)CCS(=O)(=O)C2)c[nH]1. The van der Waals surface area contributed by atoms with Crippen LogP contribution in [-0.2, 0) is 26.4 Å². The van der Waals surface area contributed by atoms with E-state index in [1.165, 1.54) is 12.3 Å². The summed E-state index contributed by atoms with van der Waals surface area (Å²) in [7, 11) is -5.12. The highest BCUT2D eigenvalue weighted by Crippen LogP contribution is 2.25. The fourth-order valence-electron chi connectivity index (χ4n) is 2.34. The smallest absolute Gasteiger partial charge is 0.242 e. The van der Waals surface area contributed by atoms with Gasteiger partial charge in [0.2, 0.25) is 10.0 Å². The highest BCUT2D eigenvalue weighted by atomic mass is 32.2. The fourth-order valence-corrected chi connectivity index (χ4v) is 5.98. The van der Waals surface area contributed by atoms with Crippen LogP contribution in [0, 0.1) is 0 Å².